The first-order chi connectivity index (χ1) is 9.88. The van der Waals surface area contributed by atoms with Crippen LogP contribution in [0.5, 0.6) is 0 Å². The van der Waals surface area contributed by atoms with Crippen LogP contribution in [0.4, 0.5) is 20.2 Å². The van der Waals surface area contributed by atoms with Crippen molar-refractivity contribution >= 4 is 28.6 Å². The molecule has 0 aliphatic rings. The van der Waals surface area contributed by atoms with Crippen LogP contribution in [0.2, 0.25) is 0 Å². The van der Waals surface area contributed by atoms with Gasteiger partial charge in [0.15, 0.2) is 0 Å². The Morgan fingerprint density at radius 1 is 1.33 bits per heavy atom. The molecule has 0 spiro atoms. The van der Waals surface area contributed by atoms with Crippen LogP contribution in [0.1, 0.15) is 15.2 Å². The maximum Gasteiger partial charge on any atom is 0.307 e. The van der Waals surface area contributed by atoms with Crippen molar-refractivity contribution in [1.29, 1.82) is 0 Å². The molecule has 0 atom stereocenters. The fourth-order valence-electron chi connectivity index (χ4n) is 1.60. The SMILES string of the molecule is NC(=O)c1csc(CNc2cc([N+](=O)[O-])c(F)cc2F)c1. The van der Waals surface area contributed by atoms with E-state index in [9.17, 15) is 23.7 Å². The number of nitrogens with one attached hydrogen (secondary N) is 1. The number of rotatable bonds is 5. The standard InChI is InChI=1S/C12H9F2N3O3S/c13-8-2-9(14)11(17(19)20)3-10(8)16-4-7-1-6(5-21-7)12(15)18/h1-3,5,16H,4H2,(H2,15,18). The highest BCUT2D eigenvalue weighted by Gasteiger charge is 2.18. The highest BCUT2D eigenvalue weighted by molar-refractivity contribution is 7.10. The van der Waals surface area contributed by atoms with E-state index in [1.807, 2.05) is 0 Å². The number of hydrogen-bond acceptors (Lipinski definition) is 5. The predicted octanol–water partition coefficient (Wildman–Crippen LogP) is 2.65. The van der Waals surface area contributed by atoms with Gasteiger partial charge in [-0.05, 0) is 6.07 Å². The Hall–Kier alpha value is -2.55. The predicted molar refractivity (Wildman–Crippen MR) is 73.2 cm³/mol. The number of nitrogens with zero attached hydrogens (tertiary/aromatic N) is 1. The summed E-state index contributed by atoms with van der Waals surface area (Å²) in [6.07, 6.45) is 0. The van der Waals surface area contributed by atoms with Gasteiger partial charge in [0.1, 0.15) is 5.82 Å². The zero-order valence-electron chi connectivity index (χ0n) is 10.4. The number of nitro benzene ring substituents is 1. The minimum atomic E-state index is -1.24. The van der Waals surface area contributed by atoms with E-state index in [1.54, 1.807) is 5.38 Å². The molecule has 3 N–H and O–H groups in total. The molecule has 0 fully saturated rings. The van der Waals surface area contributed by atoms with Crippen molar-refractivity contribution in [2.24, 2.45) is 5.73 Å². The summed E-state index contributed by atoms with van der Waals surface area (Å²) in [6.45, 7) is 0.123. The van der Waals surface area contributed by atoms with Gasteiger partial charge in [0.25, 0.3) is 0 Å². The Labute approximate surface area is 121 Å². The summed E-state index contributed by atoms with van der Waals surface area (Å²) in [5.41, 5.74) is 4.41. The van der Waals surface area contributed by atoms with Crippen molar-refractivity contribution in [3.63, 3.8) is 0 Å². The van der Waals surface area contributed by atoms with Gasteiger partial charge < -0.3 is 11.1 Å². The monoisotopic (exact) mass is 313 g/mol. The van der Waals surface area contributed by atoms with Crippen molar-refractivity contribution in [3.05, 3.63) is 55.8 Å². The van der Waals surface area contributed by atoms with Gasteiger partial charge in [0, 0.05) is 28.9 Å². The number of nitrogens with two attached hydrogens (primary N) is 1. The molecule has 6 nitrogen and oxygen atoms in total. The molecule has 0 unspecified atom stereocenters. The third-order valence-corrected chi connectivity index (χ3v) is 3.56. The van der Waals surface area contributed by atoms with Gasteiger partial charge in [-0.1, -0.05) is 0 Å². The lowest BCUT2D eigenvalue weighted by molar-refractivity contribution is -0.387. The molecule has 1 heterocycles. The van der Waals surface area contributed by atoms with Gasteiger partial charge >= 0.3 is 5.69 Å². The van der Waals surface area contributed by atoms with E-state index < -0.39 is 28.2 Å². The van der Waals surface area contributed by atoms with Crippen LogP contribution >= 0.6 is 11.3 Å². The maximum absolute atomic E-state index is 13.5. The van der Waals surface area contributed by atoms with Crippen LogP contribution in [-0.4, -0.2) is 10.8 Å². The summed E-state index contributed by atoms with van der Waals surface area (Å²) in [5, 5.41) is 14.8. The number of halogens is 2. The van der Waals surface area contributed by atoms with E-state index in [1.165, 1.54) is 17.4 Å². The zero-order valence-corrected chi connectivity index (χ0v) is 11.2. The van der Waals surface area contributed by atoms with Gasteiger partial charge in [-0.25, -0.2) is 4.39 Å². The summed E-state index contributed by atoms with van der Waals surface area (Å²) in [5.74, 6) is -2.76. The fraction of sp³-hybridized carbons (Fsp3) is 0.0833. The lowest BCUT2D eigenvalue weighted by atomic mass is 10.2. The van der Waals surface area contributed by atoms with Crippen LogP contribution in [0.25, 0.3) is 0 Å². The highest BCUT2D eigenvalue weighted by atomic mass is 32.1. The van der Waals surface area contributed by atoms with E-state index in [0.29, 0.717) is 16.5 Å². The Kier molecular flexibility index (Phi) is 4.13. The average Bonchev–Trinajstić information content (AvgIpc) is 2.86. The molecule has 0 aliphatic heterocycles. The molecule has 110 valence electrons. The van der Waals surface area contributed by atoms with Crippen LogP contribution in [0.15, 0.2) is 23.6 Å². The molecule has 0 bridgehead atoms. The molecular weight excluding hydrogens is 304 g/mol. The molecule has 1 amide bonds. The molecule has 21 heavy (non-hydrogen) atoms. The number of hydrogen-bond donors (Lipinski definition) is 2. The molecule has 0 aliphatic carbocycles. The van der Waals surface area contributed by atoms with E-state index in [-0.39, 0.29) is 12.2 Å². The smallest absolute Gasteiger partial charge is 0.307 e. The number of primary amides is 1. The largest absolute Gasteiger partial charge is 0.378 e. The summed E-state index contributed by atoms with van der Waals surface area (Å²) >= 11 is 1.22. The second kappa shape index (κ2) is 5.83. The maximum atomic E-state index is 13.5. The zero-order chi connectivity index (χ0) is 15.6. The second-order valence-electron chi connectivity index (χ2n) is 4.06. The second-order valence-corrected chi connectivity index (χ2v) is 5.06. The number of carbonyl (C=O) groups is 1. The Morgan fingerprint density at radius 2 is 2.05 bits per heavy atom. The van der Waals surface area contributed by atoms with E-state index in [4.69, 9.17) is 5.73 Å². The van der Waals surface area contributed by atoms with Gasteiger partial charge in [0.2, 0.25) is 11.7 Å². The summed E-state index contributed by atoms with van der Waals surface area (Å²) in [4.78, 5) is 21.3. The third kappa shape index (κ3) is 3.31. The van der Waals surface area contributed by atoms with E-state index >= 15 is 0 Å². The molecule has 0 saturated heterocycles. The normalized spacial score (nSPS) is 10.4. The molecule has 0 radical (unpaired) electrons. The summed E-state index contributed by atoms with van der Waals surface area (Å²) in [7, 11) is 0. The lowest BCUT2D eigenvalue weighted by Gasteiger charge is -2.06. The number of nitro groups is 1. The quantitative estimate of drug-likeness (QED) is 0.655. The Morgan fingerprint density at radius 3 is 2.62 bits per heavy atom. The van der Waals surface area contributed by atoms with Gasteiger partial charge in [0.05, 0.1) is 16.2 Å². The molecule has 1 aromatic carbocycles. The molecule has 9 heteroatoms. The van der Waals surface area contributed by atoms with Crippen molar-refractivity contribution < 1.29 is 18.5 Å². The minimum Gasteiger partial charge on any atom is -0.378 e. The fourth-order valence-corrected chi connectivity index (χ4v) is 2.41. The number of carbonyl (C=O) groups excluding carboxylic acids is 1. The van der Waals surface area contributed by atoms with Crippen molar-refractivity contribution in [2.75, 3.05) is 5.32 Å². The minimum absolute atomic E-state index is 0.123. The first-order valence-corrected chi connectivity index (χ1v) is 6.51. The van der Waals surface area contributed by atoms with Gasteiger partial charge in [-0.15, -0.1) is 11.3 Å². The van der Waals surface area contributed by atoms with Gasteiger partial charge in [-0.2, -0.15) is 4.39 Å². The number of benzene rings is 1. The molecule has 0 saturated carbocycles. The Balaban J connectivity index is 2.17. The summed E-state index contributed by atoms with van der Waals surface area (Å²) < 4.78 is 26.7. The first-order valence-electron chi connectivity index (χ1n) is 5.63. The average molecular weight is 313 g/mol. The topological polar surface area (TPSA) is 98.3 Å². The van der Waals surface area contributed by atoms with Crippen LogP contribution < -0.4 is 11.1 Å². The molecule has 2 rings (SSSR count). The van der Waals surface area contributed by atoms with E-state index in [0.717, 1.165) is 6.07 Å². The third-order valence-electron chi connectivity index (χ3n) is 2.62. The first kappa shape index (κ1) is 14.9. The number of amides is 1. The lowest BCUT2D eigenvalue weighted by Crippen LogP contribution is -2.09. The van der Waals surface area contributed by atoms with Crippen LogP contribution in [0, 0.1) is 21.7 Å². The van der Waals surface area contributed by atoms with E-state index in [2.05, 4.69) is 5.32 Å². The van der Waals surface area contributed by atoms with Gasteiger partial charge in [-0.3, -0.25) is 14.9 Å². The summed E-state index contributed by atoms with van der Waals surface area (Å²) in [6, 6.07) is 2.76. The highest BCUT2D eigenvalue weighted by Crippen LogP contribution is 2.26. The van der Waals surface area contributed by atoms with Crippen molar-refractivity contribution in [3.8, 4) is 0 Å². The molecule has 1 aromatic heterocycles. The van der Waals surface area contributed by atoms with Crippen LogP contribution in [0.3, 0.4) is 0 Å². The Bertz CT molecular complexity index is 718. The molecular formula is C12H9F2N3O3S. The molecule has 2 aromatic rings. The van der Waals surface area contributed by atoms with Crippen molar-refractivity contribution in [2.45, 2.75) is 6.54 Å². The van der Waals surface area contributed by atoms with Crippen LogP contribution in [-0.2, 0) is 6.54 Å². The van der Waals surface area contributed by atoms with Crippen molar-refractivity contribution in [1.82, 2.24) is 0 Å². The number of anilines is 1. The number of thiophene rings is 1.